The Bertz CT molecular complexity index is 726. The molecule has 26 heavy (non-hydrogen) atoms. The monoisotopic (exact) mass is 354 g/mol. The average Bonchev–Trinajstić information content (AvgIpc) is 2.66. The Labute approximate surface area is 154 Å². The van der Waals surface area contributed by atoms with E-state index in [2.05, 4.69) is 17.6 Å². The van der Waals surface area contributed by atoms with Crippen LogP contribution in [0.5, 0.6) is 5.75 Å². The average molecular weight is 354 g/mol. The lowest BCUT2D eigenvalue weighted by Crippen LogP contribution is -2.22. The molecule has 0 saturated heterocycles. The van der Waals surface area contributed by atoms with Crippen molar-refractivity contribution in [2.24, 2.45) is 0 Å². The Morgan fingerprint density at radius 1 is 0.923 bits per heavy atom. The minimum atomic E-state index is -0.226. The number of ether oxygens (including phenoxy) is 1. The lowest BCUT2D eigenvalue weighted by molar-refractivity contribution is 0.0954. The van der Waals surface area contributed by atoms with E-state index in [-0.39, 0.29) is 11.8 Å². The van der Waals surface area contributed by atoms with Crippen LogP contribution in [-0.4, -0.2) is 25.0 Å². The number of rotatable bonds is 9. The minimum Gasteiger partial charge on any atom is -0.494 e. The summed E-state index contributed by atoms with van der Waals surface area (Å²) >= 11 is 0. The highest BCUT2D eigenvalue weighted by atomic mass is 16.5. The summed E-state index contributed by atoms with van der Waals surface area (Å²) in [5.41, 5.74) is 1.63. The van der Waals surface area contributed by atoms with Crippen LogP contribution in [0.4, 0.5) is 5.69 Å². The lowest BCUT2D eigenvalue weighted by atomic mass is 10.1. The summed E-state index contributed by atoms with van der Waals surface area (Å²) in [7, 11) is 0. The molecule has 0 heterocycles. The maximum absolute atomic E-state index is 12.4. The van der Waals surface area contributed by atoms with E-state index >= 15 is 0 Å². The van der Waals surface area contributed by atoms with Gasteiger partial charge in [-0.15, -0.1) is 0 Å². The minimum absolute atomic E-state index is 0.159. The second-order valence-corrected chi connectivity index (χ2v) is 5.97. The number of anilines is 1. The van der Waals surface area contributed by atoms with Gasteiger partial charge in [0.15, 0.2) is 0 Å². The molecule has 0 aromatic heterocycles. The zero-order valence-electron chi connectivity index (χ0n) is 15.4. The molecule has 0 fully saturated rings. The van der Waals surface area contributed by atoms with Gasteiger partial charge >= 0.3 is 0 Å². The highest BCUT2D eigenvalue weighted by Gasteiger charge is 2.09. The molecule has 2 N–H and O–H groups in total. The van der Waals surface area contributed by atoms with Crippen molar-refractivity contribution in [1.29, 1.82) is 0 Å². The topological polar surface area (TPSA) is 67.4 Å². The Morgan fingerprint density at radius 2 is 1.69 bits per heavy atom. The first kappa shape index (κ1) is 19.5. The van der Waals surface area contributed by atoms with E-state index in [1.807, 2.05) is 6.92 Å². The first-order valence-corrected chi connectivity index (χ1v) is 9.06. The summed E-state index contributed by atoms with van der Waals surface area (Å²) in [5, 5.41) is 5.55. The molecule has 0 aliphatic rings. The highest BCUT2D eigenvalue weighted by Crippen LogP contribution is 2.16. The zero-order valence-corrected chi connectivity index (χ0v) is 15.4. The summed E-state index contributed by atoms with van der Waals surface area (Å²) in [6.07, 6.45) is 3.33. The van der Waals surface area contributed by atoms with Crippen molar-refractivity contribution in [1.82, 2.24) is 5.32 Å². The molecule has 2 aromatic rings. The largest absolute Gasteiger partial charge is 0.494 e. The zero-order chi connectivity index (χ0) is 18.8. The van der Waals surface area contributed by atoms with Crippen molar-refractivity contribution in [2.75, 3.05) is 18.5 Å². The maximum Gasteiger partial charge on any atom is 0.255 e. The van der Waals surface area contributed by atoms with Gasteiger partial charge in [0.2, 0.25) is 0 Å². The van der Waals surface area contributed by atoms with Gasteiger partial charge in [-0.25, -0.2) is 0 Å². The van der Waals surface area contributed by atoms with Crippen LogP contribution in [-0.2, 0) is 0 Å². The molecule has 5 heteroatoms. The summed E-state index contributed by atoms with van der Waals surface area (Å²) in [6, 6.07) is 13.9. The number of benzene rings is 2. The van der Waals surface area contributed by atoms with Crippen molar-refractivity contribution in [2.45, 2.75) is 33.1 Å². The third kappa shape index (κ3) is 5.92. The second kappa shape index (κ2) is 10.2. The number of hydrogen-bond donors (Lipinski definition) is 2. The molecule has 0 aliphatic carbocycles. The number of carbonyl (C=O) groups excluding carboxylic acids is 2. The summed E-state index contributed by atoms with van der Waals surface area (Å²) in [6.45, 7) is 5.26. The fraction of sp³-hybridized carbons (Fsp3) is 0.333. The molecule has 2 rings (SSSR count). The molecule has 0 saturated carbocycles. The molecule has 0 spiro atoms. The molecular formula is C21H26N2O3. The predicted molar refractivity (Wildman–Crippen MR) is 104 cm³/mol. The van der Waals surface area contributed by atoms with Crippen LogP contribution in [0, 0.1) is 0 Å². The first-order valence-electron chi connectivity index (χ1n) is 9.06. The molecule has 0 radical (unpaired) electrons. The molecule has 0 aliphatic heterocycles. The van der Waals surface area contributed by atoms with E-state index < -0.39 is 0 Å². The van der Waals surface area contributed by atoms with Crippen LogP contribution in [0.15, 0.2) is 48.5 Å². The van der Waals surface area contributed by atoms with Gasteiger partial charge in [0.25, 0.3) is 11.8 Å². The van der Waals surface area contributed by atoms with Gasteiger partial charge in [-0.05, 0) is 55.8 Å². The van der Waals surface area contributed by atoms with E-state index in [1.165, 1.54) is 0 Å². The Hall–Kier alpha value is -2.82. The quantitative estimate of drug-likeness (QED) is 0.661. The van der Waals surface area contributed by atoms with E-state index in [0.717, 1.165) is 25.0 Å². The van der Waals surface area contributed by atoms with Crippen molar-refractivity contribution < 1.29 is 14.3 Å². The predicted octanol–water partition coefficient (Wildman–Crippen LogP) is 4.26. The van der Waals surface area contributed by atoms with Crippen LogP contribution in [0.1, 0.15) is 53.8 Å². The molecule has 2 amide bonds. The van der Waals surface area contributed by atoms with Gasteiger partial charge in [-0.2, -0.15) is 0 Å². The molecule has 2 aromatic carbocycles. The van der Waals surface area contributed by atoms with Gasteiger partial charge in [-0.1, -0.05) is 25.8 Å². The molecule has 138 valence electrons. The summed E-state index contributed by atoms with van der Waals surface area (Å²) in [4.78, 5) is 24.3. The lowest BCUT2D eigenvalue weighted by Gasteiger charge is -2.09. The molecule has 0 atom stereocenters. The third-order valence-corrected chi connectivity index (χ3v) is 3.85. The number of carbonyl (C=O) groups is 2. The van der Waals surface area contributed by atoms with Crippen molar-refractivity contribution >= 4 is 17.5 Å². The number of hydrogen-bond acceptors (Lipinski definition) is 3. The van der Waals surface area contributed by atoms with Gasteiger partial charge < -0.3 is 15.4 Å². The first-order chi connectivity index (χ1) is 12.6. The normalized spacial score (nSPS) is 10.2. The fourth-order valence-corrected chi connectivity index (χ4v) is 2.45. The SMILES string of the molecule is CCCCCOc1ccc(C(=O)Nc2cccc(C(=O)NCC)c2)cc1. The van der Waals surface area contributed by atoms with Crippen LogP contribution in [0.25, 0.3) is 0 Å². The molecule has 0 bridgehead atoms. The molecular weight excluding hydrogens is 328 g/mol. The maximum atomic E-state index is 12.4. The van der Waals surface area contributed by atoms with E-state index in [0.29, 0.717) is 30.0 Å². The number of amides is 2. The smallest absolute Gasteiger partial charge is 0.255 e. The van der Waals surface area contributed by atoms with Crippen molar-refractivity contribution in [3.05, 3.63) is 59.7 Å². The standard InChI is InChI=1S/C21H26N2O3/c1-3-5-6-14-26-19-12-10-16(11-13-19)21(25)23-18-9-7-8-17(15-18)20(24)22-4-2/h7-13,15H,3-6,14H2,1-2H3,(H,22,24)(H,23,25). The number of nitrogens with one attached hydrogen (secondary N) is 2. The number of unbranched alkanes of at least 4 members (excludes halogenated alkanes) is 2. The molecule has 5 nitrogen and oxygen atoms in total. The van der Waals surface area contributed by atoms with Crippen LogP contribution >= 0.6 is 0 Å². The van der Waals surface area contributed by atoms with Crippen molar-refractivity contribution in [3.63, 3.8) is 0 Å². The third-order valence-electron chi connectivity index (χ3n) is 3.85. The van der Waals surface area contributed by atoms with E-state index in [9.17, 15) is 9.59 Å². The van der Waals surface area contributed by atoms with Crippen LogP contribution in [0.2, 0.25) is 0 Å². The van der Waals surface area contributed by atoms with Gasteiger partial charge in [0.05, 0.1) is 6.61 Å². The van der Waals surface area contributed by atoms with E-state index in [1.54, 1.807) is 48.5 Å². The van der Waals surface area contributed by atoms with Crippen LogP contribution in [0.3, 0.4) is 0 Å². The summed E-state index contributed by atoms with van der Waals surface area (Å²) in [5.74, 6) is 0.375. The van der Waals surface area contributed by atoms with Crippen molar-refractivity contribution in [3.8, 4) is 5.75 Å². The molecule has 0 unspecified atom stereocenters. The summed E-state index contributed by atoms with van der Waals surface area (Å²) < 4.78 is 5.65. The van der Waals surface area contributed by atoms with E-state index in [4.69, 9.17) is 4.74 Å². The second-order valence-electron chi connectivity index (χ2n) is 5.97. The van der Waals surface area contributed by atoms with Gasteiger partial charge in [0, 0.05) is 23.4 Å². The van der Waals surface area contributed by atoms with Gasteiger partial charge in [-0.3, -0.25) is 9.59 Å². The Kier molecular flexibility index (Phi) is 7.68. The fourth-order valence-electron chi connectivity index (χ4n) is 2.45. The Morgan fingerprint density at radius 3 is 2.38 bits per heavy atom. The van der Waals surface area contributed by atoms with Gasteiger partial charge in [0.1, 0.15) is 5.75 Å². The Balaban J connectivity index is 1.95. The highest BCUT2D eigenvalue weighted by molar-refractivity contribution is 6.05. The van der Waals surface area contributed by atoms with Crippen LogP contribution < -0.4 is 15.4 Å².